The minimum absolute atomic E-state index is 0.784. The van der Waals surface area contributed by atoms with Gasteiger partial charge in [-0.25, -0.2) is 4.98 Å². The van der Waals surface area contributed by atoms with Gasteiger partial charge >= 0.3 is 0 Å². The molecule has 0 radical (unpaired) electrons. The van der Waals surface area contributed by atoms with Crippen molar-refractivity contribution in [3.63, 3.8) is 0 Å². The largest absolute Gasteiger partial charge is 0.248 e. The van der Waals surface area contributed by atoms with E-state index in [1.807, 2.05) is 12.1 Å². The van der Waals surface area contributed by atoms with Crippen molar-refractivity contribution in [2.24, 2.45) is 5.92 Å². The van der Waals surface area contributed by atoms with E-state index in [0.717, 1.165) is 16.0 Å². The van der Waals surface area contributed by atoms with Crippen LogP contribution < -0.4 is 0 Å². The minimum Gasteiger partial charge on any atom is -0.248 e. The second kappa shape index (κ2) is 4.34. The van der Waals surface area contributed by atoms with Crippen LogP contribution in [0.5, 0.6) is 0 Å². The van der Waals surface area contributed by atoms with E-state index >= 15 is 0 Å². The molecule has 13 heavy (non-hydrogen) atoms. The molecule has 1 fully saturated rings. The lowest BCUT2D eigenvalue weighted by atomic mass is 9.87. The first-order chi connectivity index (χ1) is 6.36. The Morgan fingerprint density at radius 3 is 3.00 bits per heavy atom. The second-order valence-corrected chi connectivity index (χ2v) is 4.81. The fourth-order valence-corrected chi connectivity index (χ4v) is 2.69. The molecule has 1 heterocycles. The summed E-state index contributed by atoms with van der Waals surface area (Å²) < 4.78 is 0. The minimum atomic E-state index is 0.784. The summed E-state index contributed by atoms with van der Waals surface area (Å²) in [5, 5.41) is 1.77. The van der Waals surface area contributed by atoms with Crippen LogP contribution in [0.25, 0.3) is 0 Å². The van der Waals surface area contributed by atoms with Crippen molar-refractivity contribution < 1.29 is 0 Å². The molecule has 0 aromatic carbocycles. The molecule has 1 aliphatic carbocycles. The molecule has 1 aromatic heterocycles. The summed E-state index contributed by atoms with van der Waals surface area (Å²) in [6, 6.07) is 3.77. The van der Waals surface area contributed by atoms with E-state index < -0.39 is 0 Å². The molecule has 0 atom stereocenters. The SMILES string of the molecule is Clc1cccnc1SCC1CCC1. The molecule has 1 nitrogen and oxygen atoms in total. The van der Waals surface area contributed by atoms with Gasteiger partial charge < -0.3 is 0 Å². The highest BCUT2D eigenvalue weighted by Gasteiger charge is 2.17. The molecule has 1 aromatic rings. The molecular weight excluding hydrogens is 202 g/mol. The van der Waals surface area contributed by atoms with Crippen LogP contribution in [0.1, 0.15) is 19.3 Å². The van der Waals surface area contributed by atoms with Crippen LogP contribution in [0.4, 0.5) is 0 Å². The fraction of sp³-hybridized carbons (Fsp3) is 0.500. The molecule has 1 aliphatic rings. The third kappa shape index (κ3) is 2.38. The second-order valence-electron chi connectivity index (χ2n) is 3.40. The van der Waals surface area contributed by atoms with Crippen LogP contribution in [0.15, 0.2) is 23.4 Å². The number of rotatable bonds is 3. The first-order valence-corrected chi connectivity index (χ1v) is 5.96. The number of pyridine rings is 1. The van der Waals surface area contributed by atoms with Crippen molar-refractivity contribution in [1.82, 2.24) is 4.98 Å². The maximum atomic E-state index is 5.99. The van der Waals surface area contributed by atoms with E-state index in [9.17, 15) is 0 Å². The molecular formula is C10H12ClNS. The van der Waals surface area contributed by atoms with Crippen molar-refractivity contribution in [2.75, 3.05) is 5.75 Å². The zero-order valence-corrected chi connectivity index (χ0v) is 8.94. The summed E-state index contributed by atoms with van der Waals surface area (Å²) in [7, 11) is 0. The van der Waals surface area contributed by atoms with E-state index in [4.69, 9.17) is 11.6 Å². The summed E-state index contributed by atoms with van der Waals surface area (Å²) in [5.41, 5.74) is 0. The van der Waals surface area contributed by atoms with Gasteiger partial charge in [-0.05, 0) is 30.9 Å². The Morgan fingerprint density at radius 1 is 1.54 bits per heavy atom. The summed E-state index contributed by atoms with van der Waals surface area (Å²) in [4.78, 5) is 4.24. The van der Waals surface area contributed by atoms with Crippen molar-refractivity contribution in [3.05, 3.63) is 23.4 Å². The molecule has 0 spiro atoms. The van der Waals surface area contributed by atoms with E-state index in [0.29, 0.717) is 0 Å². The zero-order chi connectivity index (χ0) is 9.10. The lowest BCUT2D eigenvalue weighted by Crippen LogP contribution is -2.13. The molecule has 0 saturated heterocycles. The molecule has 3 heteroatoms. The number of hydrogen-bond acceptors (Lipinski definition) is 2. The monoisotopic (exact) mass is 213 g/mol. The van der Waals surface area contributed by atoms with Crippen LogP contribution in [-0.2, 0) is 0 Å². The Balaban J connectivity index is 1.89. The number of thioether (sulfide) groups is 1. The van der Waals surface area contributed by atoms with Crippen LogP contribution in [-0.4, -0.2) is 10.7 Å². The Labute approximate surface area is 87.9 Å². The van der Waals surface area contributed by atoms with E-state index in [1.54, 1.807) is 18.0 Å². The van der Waals surface area contributed by atoms with Crippen LogP contribution >= 0.6 is 23.4 Å². The normalized spacial score (nSPS) is 17.0. The molecule has 0 aliphatic heterocycles. The Bertz CT molecular complexity index is 286. The van der Waals surface area contributed by atoms with Crippen molar-refractivity contribution in [1.29, 1.82) is 0 Å². The Hall–Kier alpha value is -0.210. The molecule has 0 bridgehead atoms. The predicted molar refractivity (Wildman–Crippen MR) is 57.3 cm³/mol. The third-order valence-electron chi connectivity index (χ3n) is 2.41. The van der Waals surface area contributed by atoms with Gasteiger partial charge in [0.1, 0.15) is 5.03 Å². The van der Waals surface area contributed by atoms with Crippen LogP contribution in [0.3, 0.4) is 0 Å². The molecule has 70 valence electrons. The van der Waals surface area contributed by atoms with Gasteiger partial charge in [0, 0.05) is 11.9 Å². The van der Waals surface area contributed by atoms with Gasteiger partial charge in [-0.3, -0.25) is 0 Å². The standard InChI is InChI=1S/C10H12ClNS/c11-9-5-2-6-12-10(9)13-7-8-3-1-4-8/h2,5-6,8H,1,3-4,7H2. The average Bonchev–Trinajstić information content (AvgIpc) is 2.05. The number of hydrogen-bond donors (Lipinski definition) is 0. The Morgan fingerprint density at radius 2 is 2.38 bits per heavy atom. The van der Waals surface area contributed by atoms with Gasteiger partial charge in [0.15, 0.2) is 0 Å². The zero-order valence-electron chi connectivity index (χ0n) is 7.37. The van der Waals surface area contributed by atoms with Gasteiger partial charge in [0.25, 0.3) is 0 Å². The average molecular weight is 214 g/mol. The van der Waals surface area contributed by atoms with Gasteiger partial charge in [0.05, 0.1) is 5.02 Å². The fourth-order valence-electron chi connectivity index (χ4n) is 1.33. The smallest absolute Gasteiger partial charge is 0.115 e. The number of aromatic nitrogens is 1. The number of halogens is 1. The van der Waals surface area contributed by atoms with Crippen LogP contribution in [0.2, 0.25) is 5.02 Å². The van der Waals surface area contributed by atoms with Gasteiger partial charge in [-0.15, -0.1) is 11.8 Å². The maximum Gasteiger partial charge on any atom is 0.115 e. The van der Waals surface area contributed by atoms with Crippen LogP contribution in [0, 0.1) is 5.92 Å². The lowest BCUT2D eigenvalue weighted by molar-refractivity contribution is 0.353. The van der Waals surface area contributed by atoms with Crippen molar-refractivity contribution >= 4 is 23.4 Å². The summed E-state index contributed by atoms with van der Waals surface area (Å²) >= 11 is 7.77. The predicted octanol–water partition coefficient (Wildman–Crippen LogP) is 3.63. The highest BCUT2D eigenvalue weighted by atomic mass is 35.5. The topological polar surface area (TPSA) is 12.9 Å². The summed E-state index contributed by atoms with van der Waals surface area (Å²) in [6.45, 7) is 0. The van der Waals surface area contributed by atoms with E-state index in [1.165, 1.54) is 25.0 Å². The maximum absolute atomic E-state index is 5.99. The quantitative estimate of drug-likeness (QED) is 0.712. The molecule has 1 saturated carbocycles. The molecule has 0 N–H and O–H groups in total. The van der Waals surface area contributed by atoms with Crippen molar-refractivity contribution in [2.45, 2.75) is 24.3 Å². The van der Waals surface area contributed by atoms with Gasteiger partial charge in [-0.1, -0.05) is 18.0 Å². The van der Waals surface area contributed by atoms with E-state index in [-0.39, 0.29) is 0 Å². The first kappa shape index (κ1) is 9.35. The lowest BCUT2D eigenvalue weighted by Gasteiger charge is -2.24. The van der Waals surface area contributed by atoms with Gasteiger partial charge in [0.2, 0.25) is 0 Å². The Kier molecular flexibility index (Phi) is 3.12. The number of nitrogens with zero attached hydrogens (tertiary/aromatic N) is 1. The molecule has 0 unspecified atom stereocenters. The first-order valence-electron chi connectivity index (χ1n) is 4.59. The summed E-state index contributed by atoms with van der Waals surface area (Å²) in [5.74, 6) is 2.08. The highest BCUT2D eigenvalue weighted by molar-refractivity contribution is 7.99. The molecule has 2 rings (SSSR count). The van der Waals surface area contributed by atoms with Crippen molar-refractivity contribution in [3.8, 4) is 0 Å². The highest BCUT2D eigenvalue weighted by Crippen LogP contribution is 2.33. The molecule has 0 amide bonds. The summed E-state index contributed by atoms with van der Waals surface area (Å²) in [6.07, 6.45) is 5.98. The van der Waals surface area contributed by atoms with E-state index in [2.05, 4.69) is 4.98 Å². The third-order valence-corrected chi connectivity index (χ3v) is 4.06. The van der Waals surface area contributed by atoms with Gasteiger partial charge in [-0.2, -0.15) is 0 Å².